The Labute approximate surface area is 163 Å². The second-order valence-electron chi connectivity index (χ2n) is 6.06. The fourth-order valence-electron chi connectivity index (χ4n) is 2.62. The van der Waals surface area contributed by atoms with Crippen LogP contribution in [-0.2, 0) is 17.7 Å². The van der Waals surface area contributed by atoms with E-state index >= 15 is 0 Å². The lowest BCUT2D eigenvalue weighted by Crippen LogP contribution is -2.24. The van der Waals surface area contributed by atoms with Crippen molar-refractivity contribution in [1.82, 2.24) is 10.3 Å². The molecule has 1 aliphatic rings. The SMILES string of the molecule is Cc1ccc(CNC(=O)c2csc(CCN)n2)c(OC2CCOC2)c1.Cl. The molecule has 6 nitrogen and oxygen atoms in total. The van der Waals surface area contributed by atoms with Crippen LogP contribution in [0.2, 0.25) is 0 Å². The number of carbonyl (C=O) groups is 1. The van der Waals surface area contributed by atoms with E-state index < -0.39 is 0 Å². The third kappa shape index (κ3) is 5.41. The van der Waals surface area contributed by atoms with Gasteiger partial charge in [0, 0.05) is 30.3 Å². The number of nitrogens with two attached hydrogens (primary N) is 1. The van der Waals surface area contributed by atoms with E-state index in [4.69, 9.17) is 15.2 Å². The number of aromatic nitrogens is 1. The van der Waals surface area contributed by atoms with Gasteiger partial charge in [0.15, 0.2) is 0 Å². The van der Waals surface area contributed by atoms with Gasteiger partial charge in [-0.2, -0.15) is 0 Å². The number of benzene rings is 1. The average molecular weight is 398 g/mol. The Kier molecular flexibility index (Phi) is 7.84. The molecule has 1 amide bonds. The maximum Gasteiger partial charge on any atom is 0.271 e. The van der Waals surface area contributed by atoms with Crippen molar-refractivity contribution in [2.24, 2.45) is 5.73 Å². The fourth-order valence-corrected chi connectivity index (χ4v) is 3.42. The molecule has 1 aromatic heterocycles. The molecule has 3 N–H and O–H groups in total. The summed E-state index contributed by atoms with van der Waals surface area (Å²) in [4.78, 5) is 16.6. The van der Waals surface area contributed by atoms with Crippen LogP contribution in [0.15, 0.2) is 23.6 Å². The van der Waals surface area contributed by atoms with Crippen molar-refractivity contribution in [3.05, 3.63) is 45.4 Å². The molecule has 0 bridgehead atoms. The minimum absolute atomic E-state index is 0. The van der Waals surface area contributed by atoms with E-state index in [-0.39, 0.29) is 24.4 Å². The first-order valence-corrected chi connectivity index (χ1v) is 9.30. The smallest absolute Gasteiger partial charge is 0.271 e. The second kappa shape index (κ2) is 9.87. The number of rotatable bonds is 7. The Bertz CT molecular complexity index is 732. The Morgan fingerprint density at radius 2 is 2.35 bits per heavy atom. The number of thiazole rings is 1. The monoisotopic (exact) mass is 397 g/mol. The number of hydrogen-bond acceptors (Lipinski definition) is 6. The van der Waals surface area contributed by atoms with Crippen LogP contribution < -0.4 is 15.8 Å². The predicted octanol–water partition coefficient (Wildman–Crippen LogP) is 2.47. The van der Waals surface area contributed by atoms with Gasteiger partial charge < -0.3 is 20.5 Å². The standard InChI is InChI=1S/C18H23N3O3S.ClH/c1-12-2-3-13(16(8-12)24-14-5-7-23-10-14)9-20-18(22)15-11-25-17(21-15)4-6-19;/h2-3,8,11,14H,4-7,9-10,19H2,1H3,(H,20,22);1H. The minimum atomic E-state index is -0.185. The minimum Gasteiger partial charge on any atom is -0.488 e. The molecule has 1 aromatic carbocycles. The lowest BCUT2D eigenvalue weighted by molar-refractivity contribution is 0.0945. The topological polar surface area (TPSA) is 86.5 Å². The first-order valence-electron chi connectivity index (χ1n) is 8.42. The van der Waals surface area contributed by atoms with Crippen molar-refractivity contribution >= 4 is 29.7 Å². The summed E-state index contributed by atoms with van der Waals surface area (Å²) in [6, 6.07) is 6.01. The fraction of sp³-hybridized carbons (Fsp3) is 0.444. The Morgan fingerprint density at radius 3 is 3.08 bits per heavy atom. The molecule has 2 aromatic rings. The summed E-state index contributed by atoms with van der Waals surface area (Å²) in [6.45, 7) is 4.30. The number of hydrogen-bond donors (Lipinski definition) is 2. The van der Waals surface area contributed by atoms with Gasteiger partial charge in [0.25, 0.3) is 5.91 Å². The summed E-state index contributed by atoms with van der Waals surface area (Å²) in [7, 11) is 0. The lowest BCUT2D eigenvalue weighted by Gasteiger charge is -2.16. The number of halogens is 1. The predicted molar refractivity (Wildman–Crippen MR) is 104 cm³/mol. The molecule has 1 fully saturated rings. The van der Waals surface area contributed by atoms with E-state index in [9.17, 15) is 4.79 Å². The summed E-state index contributed by atoms with van der Waals surface area (Å²) >= 11 is 1.46. The zero-order chi connectivity index (χ0) is 17.6. The van der Waals surface area contributed by atoms with Crippen molar-refractivity contribution in [3.63, 3.8) is 0 Å². The van der Waals surface area contributed by atoms with Crippen LogP contribution >= 0.6 is 23.7 Å². The number of amides is 1. The van der Waals surface area contributed by atoms with Crippen molar-refractivity contribution < 1.29 is 14.3 Å². The largest absolute Gasteiger partial charge is 0.488 e. The number of nitrogens with one attached hydrogen (secondary N) is 1. The number of nitrogens with zero attached hydrogens (tertiary/aromatic N) is 1. The van der Waals surface area contributed by atoms with Gasteiger partial charge in [0.05, 0.1) is 18.2 Å². The van der Waals surface area contributed by atoms with Gasteiger partial charge in [0.1, 0.15) is 17.5 Å². The summed E-state index contributed by atoms with van der Waals surface area (Å²) < 4.78 is 11.4. The van der Waals surface area contributed by atoms with Crippen molar-refractivity contribution in [3.8, 4) is 5.75 Å². The van der Waals surface area contributed by atoms with Gasteiger partial charge in [-0.3, -0.25) is 4.79 Å². The van der Waals surface area contributed by atoms with Crippen molar-refractivity contribution in [1.29, 1.82) is 0 Å². The molecule has 0 spiro atoms. The first kappa shape index (κ1) is 20.6. The van der Waals surface area contributed by atoms with E-state index in [1.807, 2.05) is 25.1 Å². The normalized spacial score (nSPS) is 16.2. The number of ether oxygens (including phenoxy) is 2. The molecular weight excluding hydrogens is 374 g/mol. The molecule has 1 aliphatic heterocycles. The third-order valence-electron chi connectivity index (χ3n) is 3.99. The van der Waals surface area contributed by atoms with Gasteiger partial charge in [-0.05, 0) is 25.1 Å². The van der Waals surface area contributed by atoms with Crippen LogP contribution in [0.4, 0.5) is 0 Å². The van der Waals surface area contributed by atoms with E-state index in [1.54, 1.807) is 5.38 Å². The molecule has 1 atom stereocenters. The summed E-state index contributed by atoms with van der Waals surface area (Å²) in [5.41, 5.74) is 8.02. The molecule has 8 heteroatoms. The number of aryl methyl sites for hydroxylation is 1. The average Bonchev–Trinajstić information content (AvgIpc) is 3.26. The maximum atomic E-state index is 12.3. The summed E-state index contributed by atoms with van der Waals surface area (Å²) in [5, 5.41) is 5.57. The van der Waals surface area contributed by atoms with Crippen molar-refractivity contribution in [2.75, 3.05) is 19.8 Å². The van der Waals surface area contributed by atoms with Gasteiger partial charge in [-0.15, -0.1) is 23.7 Å². The molecule has 26 heavy (non-hydrogen) atoms. The first-order chi connectivity index (χ1) is 12.2. The molecule has 2 heterocycles. The van der Waals surface area contributed by atoms with Crippen LogP contribution in [0.5, 0.6) is 5.75 Å². The van der Waals surface area contributed by atoms with Gasteiger partial charge in [-0.1, -0.05) is 12.1 Å². The quantitative estimate of drug-likeness (QED) is 0.749. The highest BCUT2D eigenvalue weighted by atomic mass is 35.5. The van der Waals surface area contributed by atoms with Crippen LogP contribution in [0.3, 0.4) is 0 Å². The molecule has 3 rings (SSSR count). The Hall–Kier alpha value is -1.67. The Morgan fingerprint density at radius 1 is 1.50 bits per heavy atom. The van der Waals surface area contributed by atoms with Crippen molar-refractivity contribution in [2.45, 2.75) is 32.4 Å². The highest BCUT2D eigenvalue weighted by molar-refractivity contribution is 7.09. The summed E-state index contributed by atoms with van der Waals surface area (Å²) in [6.07, 6.45) is 1.66. The molecule has 142 valence electrons. The molecule has 1 saturated heterocycles. The van der Waals surface area contributed by atoms with E-state index in [1.165, 1.54) is 11.3 Å². The molecule has 0 saturated carbocycles. The molecular formula is C18H24ClN3O3S. The molecule has 0 aliphatic carbocycles. The zero-order valence-corrected chi connectivity index (χ0v) is 16.3. The van der Waals surface area contributed by atoms with Crippen LogP contribution in [-0.4, -0.2) is 36.8 Å². The highest BCUT2D eigenvalue weighted by Gasteiger charge is 2.19. The van der Waals surface area contributed by atoms with Gasteiger partial charge in [0.2, 0.25) is 0 Å². The van der Waals surface area contributed by atoms with Crippen LogP contribution in [0.1, 0.15) is 33.0 Å². The Balaban J connectivity index is 0.00000243. The van der Waals surface area contributed by atoms with E-state index in [0.29, 0.717) is 31.8 Å². The summed E-state index contributed by atoms with van der Waals surface area (Å²) in [5.74, 6) is 0.619. The van der Waals surface area contributed by atoms with E-state index in [2.05, 4.69) is 10.3 Å². The van der Waals surface area contributed by atoms with Crippen LogP contribution in [0, 0.1) is 6.92 Å². The zero-order valence-electron chi connectivity index (χ0n) is 14.7. The van der Waals surface area contributed by atoms with Gasteiger partial charge >= 0.3 is 0 Å². The second-order valence-corrected chi connectivity index (χ2v) is 7.01. The number of carbonyl (C=O) groups excluding carboxylic acids is 1. The van der Waals surface area contributed by atoms with Gasteiger partial charge in [-0.25, -0.2) is 4.98 Å². The molecule has 0 radical (unpaired) electrons. The third-order valence-corrected chi connectivity index (χ3v) is 4.89. The lowest BCUT2D eigenvalue weighted by atomic mass is 10.1. The molecule has 1 unspecified atom stereocenters. The van der Waals surface area contributed by atoms with Crippen LogP contribution in [0.25, 0.3) is 0 Å². The maximum absolute atomic E-state index is 12.3. The van der Waals surface area contributed by atoms with E-state index in [0.717, 1.165) is 34.9 Å². The highest BCUT2D eigenvalue weighted by Crippen LogP contribution is 2.24.